The Hall–Kier alpha value is -1.01. The summed E-state index contributed by atoms with van der Waals surface area (Å²) in [6.07, 6.45) is 7.30. The fourth-order valence-electron chi connectivity index (χ4n) is 2.58. The van der Waals surface area contributed by atoms with E-state index in [-0.39, 0.29) is 0 Å². The Morgan fingerprint density at radius 1 is 1.45 bits per heavy atom. The number of fused-ring (bicyclic) bond motifs is 1. The van der Waals surface area contributed by atoms with Crippen LogP contribution < -0.4 is 5.32 Å². The number of rotatable bonds is 4. The van der Waals surface area contributed by atoms with Gasteiger partial charge in [0.25, 0.3) is 0 Å². The van der Waals surface area contributed by atoms with Crippen molar-refractivity contribution < 1.29 is 8.42 Å². The van der Waals surface area contributed by atoms with Crippen LogP contribution in [0, 0.1) is 0 Å². The van der Waals surface area contributed by atoms with Crippen molar-refractivity contribution in [1.29, 1.82) is 0 Å². The van der Waals surface area contributed by atoms with Gasteiger partial charge in [0.15, 0.2) is 9.84 Å². The molecule has 5 nitrogen and oxygen atoms in total. The van der Waals surface area contributed by atoms with Crippen LogP contribution in [0.5, 0.6) is 0 Å². The lowest BCUT2D eigenvalue weighted by Crippen LogP contribution is -2.22. The van der Waals surface area contributed by atoms with Gasteiger partial charge in [0.2, 0.25) is 0 Å². The molecule has 20 heavy (non-hydrogen) atoms. The summed E-state index contributed by atoms with van der Waals surface area (Å²) in [4.78, 5) is 8.84. The summed E-state index contributed by atoms with van der Waals surface area (Å²) < 4.78 is 23.3. The Morgan fingerprint density at radius 3 is 2.85 bits per heavy atom. The van der Waals surface area contributed by atoms with E-state index in [9.17, 15) is 8.42 Å². The monoisotopic (exact) mass is 297 g/mol. The third-order valence-corrected chi connectivity index (χ3v) is 5.40. The van der Waals surface area contributed by atoms with E-state index in [1.807, 2.05) is 6.20 Å². The van der Waals surface area contributed by atoms with Crippen molar-refractivity contribution in [3.8, 4) is 0 Å². The first-order valence-electron chi connectivity index (χ1n) is 7.21. The van der Waals surface area contributed by atoms with Gasteiger partial charge in [0.1, 0.15) is 11.1 Å². The minimum Gasteiger partial charge on any atom is -0.310 e. The minimum atomic E-state index is -3.16. The maximum atomic E-state index is 11.6. The molecule has 1 aromatic rings. The third kappa shape index (κ3) is 3.35. The van der Waals surface area contributed by atoms with Crippen LogP contribution in [0.2, 0.25) is 0 Å². The molecule has 0 radical (unpaired) electrons. The molecule has 0 fully saturated rings. The van der Waals surface area contributed by atoms with E-state index in [1.165, 1.54) is 6.26 Å². The van der Waals surface area contributed by atoms with E-state index in [2.05, 4.69) is 22.2 Å². The molecule has 1 N–H and O–H groups in total. The highest BCUT2D eigenvalue weighted by molar-refractivity contribution is 7.90. The molecule has 0 aromatic carbocycles. The van der Waals surface area contributed by atoms with Gasteiger partial charge in [-0.15, -0.1) is 0 Å². The van der Waals surface area contributed by atoms with Gasteiger partial charge in [-0.05, 0) is 32.7 Å². The Balaban J connectivity index is 2.37. The van der Waals surface area contributed by atoms with Crippen molar-refractivity contribution >= 4 is 9.84 Å². The average molecular weight is 297 g/mol. The maximum absolute atomic E-state index is 11.6. The molecule has 1 aliphatic rings. The first kappa shape index (κ1) is 15.4. The van der Waals surface area contributed by atoms with Crippen molar-refractivity contribution in [3.63, 3.8) is 0 Å². The molecule has 0 amide bonds. The summed E-state index contributed by atoms with van der Waals surface area (Å²) in [6.45, 7) is 4.65. The number of aryl methyl sites for hydroxylation is 1. The van der Waals surface area contributed by atoms with Crippen LogP contribution in [0.15, 0.2) is 6.20 Å². The van der Waals surface area contributed by atoms with Gasteiger partial charge in [-0.2, -0.15) is 0 Å². The van der Waals surface area contributed by atoms with E-state index in [0.29, 0.717) is 11.9 Å². The molecule has 2 rings (SSSR count). The zero-order valence-corrected chi connectivity index (χ0v) is 13.2. The molecule has 0 spiro atoms. The maximum Gasteiger partial charge on any atom is 0.157 e. The molecule has 1 heterocycles. The molecule has 1 aromatic heterocycles. The number of hydrogen-bond donors (Lipinski definition) is 1. The van der Waals surface area contributed by atoms with Gasteiger partial charge in [0, 0.05) is 29.8 Å². The van der Waals surface area contributed by atoms with Crippen LogP contribution in [0.4, 0.5) is 0 Å². The predicted octanol–water partition coefficient (Wildman–Crippen LogP) is 1.96. The second-order valence-corrected chi connectivity index (χ2v) is 7.82. The summed E-state index contributed by atoms with van der Waals surface area (Å²) in [5, 5.41) is 2.82. The number of nitrogens with zero attached hydrogens (tertiary/aromatic N) is 2. The molecule has 0 saturated carbocycles. The highest BCUT2D eigenvalue weighted by atomic mass is 32.2. The van der Waals surface area contributed by atoms with Crippen LogP contribution in [0.25, 0.3) is 0 Å². The van der Waals surface area contributed by atoms with Crippen LogP contribution in [0.1, 0.15) is 61.5 Å². The summed E-state index contributed by atoms with van der Waals surface area (Å²) in [5.74, 6) is 0.420. The van der Waals surface area contributed by atoms with E-state index < -0.39 is 15.1 Å². The van der Waals surface area contributed by atoms with Crippen LogP contribution in [0.3, 0.4) is 0 Å². The van der Waals surface area contributed by atoms with Crippen molar-refractivity contribution in [1.82, 2.24) is 15.3 Å². The van der Waals surface area contributed by atoms with Gasteiger partial charge < -0.3 is 5.32 Å². The predicted molar refractivity (Wildman–Crippen MR) is 79.3 cm³/mol. The lowest BCUT2D eigenvalue weighted by Gasteiger charge is -2.18. The SMILES string of the molecule is CCNC1CCCCc2nc(C(C)S(C)(=O)=O)ncc21. The van der Waals surface area contributed by atoms with Gasteiger partial charge in [-0.3, -0.25) is 0 Å². The molecule has 1 aliphatic carbocycles. The molecule has 112 valence electrons. The summed E-state index contributed by atoms with van der Waals surface area (Å²) in [7, 11) is -3.16. The van der Waals surface area contributed by atoms with E-state index >= 15 is 0 Å². The Labute approximate surface area is 121 Å². The molecule has 2 unspecified atom stereocenters. The summed E-state index contributed by atoms with van der Waals surface area (Å²) in [5.41, 5.74) is 2.14. The van der Waals surface area contributed by atoms with Crippen LogP contribution >= 0.6 is 0 Å². The van der Waals surface area contributed by atoms with Gasteiger partial charge in [0.05, 0.1) is 0 Å². The Kier molecular flexibility index (Phi) is 4.75. The molecule has 6 heteroatoms. The van der Waals surface area contributed by atoms with Crippen molar-refractivity contribution in [2.24, 2.45) is 0 Å². The normalized spacial score (nSPS) is 21.1. The second-order valence-electron chi connectivity index (χ2n) is 5.46. The first-order valence-corrected chi connectivity index (χ1v) is 9.17. The minimum absolute atomic E-state index is 0.292. The van der Waals surface area contributed by atoms with E-state index in [4.69, 9.17) is 0 Å². The van der Waals surface area contributed by atoms with Crippen LogP contribution in [-0.4, -0.2) is 31.2 Å². The zero-order chi connectivity index (χ0) is 14.8. The van der Waals surface area contributed by atoms with E-state index in [0.717, 1.165) is 43.5 Å². The quantitative estimate of drug-likeness (QED) is 0.860. The van der Waals surface area contributed by atoms with E-state index in [1.54, 1.807) is 6.92 Å². The number of nitrogens with one attached hydrogen (secondary N) is 1. The fourth-order valence-corrected chi connectivity index (χ4v) is 3.07. The Morgan fingerprint density at radius 2 is 2.20 bits per heavy atom. The fraction of sp³-hybridized carbons (Fsp3) is 0.714. The van der Waals surface area contributed by atoms with Crippen molar-refractivity contribution in [3.05, 3.63) is 23.3 Å². The number of aromatic nitrogens is 2. The first-order chi connectivity index (χ1) is 9.43. The highest BCUT2D eigenvalue weighted by Crippen LogP contribution is 2.28. The lowest BCUT2D eigenvalue weighted by atomic mass is 10.0. The molecule has 0 bridgehead atoms. The molecular formula is C14H23N3O2S. The van der Waals surface area contributed by atoms with Gasteiger partial charge >= 0.3 is 0 Å². The lowest BCUT2D eigenvalue weighted by molar-refractivity contribution is 0.502. The molecular weight excluding hydrogens is 274 g/mol. The zero-order valence-electron chi connectivity index (χ0n) is 12.4. The van der Waals surface area contributed by atoms with Gasteiger partial charge in [-0.25, -0.2) is 18.4 Å². The smallest absolute Gasteiger partial charge is 0.157 e. The largest absolute Gasteiger partial charge is 0.310 e. The standard InChI is InChI=1S/C14H23N3O2S/c1-4-15-12-7-5-6-8-13-11(12)9-16-14(17-13)10(2)20(3,18)19/h9-10,12,15H,4-8H2,1-3H3. The molecule has 2 atom stereocenters. The highest BCUT2D eigenvalue weighted by Gasteiger charge is 2.24. The number of sulfone groups is 1. The number of hydrogen-bond acceptors (Lipinski definition) is 5. The third-order valence-electron chi connectivity index (χ3n) is 3.91. The van der Waals surface area contributed by atoms with Crippen molar-refractivity contribution in [2.75, 3.05) is 12.8 Å². The topological polar surface area (TPSA) is 72.0 Å². The average Bonchev–Trinajstić information content (AvgIpc) is 2.59. The molecule has 0 saturated heterocycles. The van der Waals surface area contributed by atoms with Gasteiger partial charge in [-0.1, -0.05) is 13.3 Å². The summed E-state index contributed by atoms with van der Waals surface area (Å²) in [6, 6.07) is 0.292. The Bertz CT molecular complexity index is 572. The second kappa shape index (κ2) is 6.18. The molecule has 0 aliphatic heterocycles. The van der Waals surface area contributed by atoms with Crippen LogP contribution in [-0.2, 0) is 16.3 Å². The van der Waals surface area contributed by atoms with Crippen molar-refractivity contribution in [2.45, 2.75) is 50.8 Å². The summed E-state index contributed by atoms with van der Waals surface area (Å²) >= 11 is 0.